The lowest BCUT2D eigenvalue weighted by atomic mass is 9.99. The van der Waals surface area contributed by atoms with Crippen LogP contribution in [0.15, 0.2) is 70.5 Å². The maximum Gasteiger partial charge on any atom is 0.360 e. The van der Waals surface area contributed by atoms with E-state index in [1.54, 1.807) is 16.8 Å². The number of carbonyl (C=O) groups excluding carboxylic acids is 1. The average Bonchev–Trinajstić information content (AvgIpc) is 3.48. The lowest BCUT2D eigenvalue weighted by Crippen LogP contribution is -2.05. The molecule has 0 aliphatic heterocycles. The first-order valence-corrected chi connectivity index (χ1v) is 9.65. The molecule has 0 spiro atoms. The summed E-state index contributed by atoms with van der Waals surface area (Å²) in [6.45, 7) is 5.42. The summed E-state index contributed by atoms with van der Waals surface area (Å²) in [5, 5.41) is 3.75. The Hall–Kier alpha value is -4.53. The minimum absolute atomic E-state index is 0.0463. The van der Waals surface area contributed by atoms with E-state index >= 15 is 0 Å². The van der Waals surface area contributed by atoms with Gasteiger partial charge in [0.05, 0.1) is 18.4 Å². The van der Waals surface area contributed by atoms with Crippen molar-refractivity contribution in [1.29, 1.82) is 0 Å². The molecule has 4 rings (SSSR count). The molecule has 0 saturated carbocycles. The molecule has 0 atom stereocenters. The molecule has 9 heteroatoms. The minimum Gasteiger partial charge on any atom is -0.464 e. The van der Waals surface area contributed by atoms with E-state index in [1.165, 1.54) is 13.2 Å². The molecule has 9 nitrogen and oxygen atoms in total. The number of esters is 1. The number of aliphatic imine (C=N–C) groups is 1. The average molecular weight is 428 g/mol. The number of anilines is 1. The highest BCUT2D eigenvalue weighted by Gasteiger charge is 2.22. The maximum absolute atomic E-state index is 11.7. The van der Waals surface area contributed by atoms with Gasteiger partial charge >= 0.3 is 5.97 Å². The van der Waals surface area contributed by atoms with E-state index in [0.29, 0.717) is 22.8 Å². The number of hydrogen-bond donors (Lipinski definition) is 1. The Balaban J connectivity index is 1.99. The molecule has 0 bridgehead atoms. The number of benzene rings is 1. The summed E-state index contributed by atoms with van der Waals surface area (Å²) in [6, 6.07) is 11.2. The third kappa shape index (κ3) is 3.67. The van der Waals surface area contributed by atoms with E-state index in [-0.39, 0.29) is 11.6 Å². The van der Waals surface area contributed by atoms with Gasteiger partial charge in [0.25, 0.3) is 0 Å². The highest BCUT2D eigenvalue weighted by atomic mass is 16.5. The van der Waals surface area contributed by atoms with Crippen LogP contribution in [0, 0.1) is 0 Å². The van der Waals surface area contributed by atoms with Gasteiger partial charge in [-0.15, -0.1) is 0 Å². The predicted molar refractivity (Wildman–Crippen MR) is 122 cm³/mol. The van der Waals surface area contributed by atoms with Crippen molar-refractivity contribution in [2.45, 2.75) is 6.92 Å². The summed E-state index contributed by atoms with van der Waals surface area (Å²) >= 11 is 0. The molecule has 0 fully saturated rings. The normalized spacial score (nSPS) is 11.9. The molecule has 160 valence electrons. The third-order valence-electron chi connectivity index (χ3n) is 4.80. The number of rotatable bonds is 6. The number of hydrogen-bond acceptors (Lipinski definition) is 8. The SMILES string of the molecule is C=N/C=C\C(=C/C)c1c(-c2ccccc2)nc(N)n2cc(-c3cc(C(=O)OC)no3)nc12. The van der Waals surface area contributed by atoms with Gasteiger partial charge in [0.15, 0.2) is 17.1 Å². The van der Waals surface area contributed by atoms with Crippen molar-refractivity contribution in [3.63, 3.8) is 0 Å². The van der Waals surface area contributed by atoms with Crippen LogP contribution in [-0.4, -0.2) is 39.3 Å². The Morgan fingerprint density at radius 1 is 1.28 bits per heavy atom. The second-order valence-electron chi connectivity index (χ2n) is 6.69. The second-order valence-corrected chi connectivity index (χ2v) is 6.69. The monoisotopic (exact) mass is 428 g/mol. The molecule has 3 aromatic heterocycles. The van der Waals surface area contributed by atoms with Crippen molar-refractivity contribution < 1.29 is 14.1 Å². The van der Waals surface area contributed by atoms with Crippen molar-refractivity contribution in [3.8, 4) is 22.7 Å². The largest absolute Gasteiger partial charge is 0.464 e. The molecular formula is C23H20N6O3. The van der Waals surface area contributed by atoms with Gasteiger partial charge < -0.3 is 15.0 Å². The predicted octanol–water partition coefficient (Wildman–Crippen LogP) is 4.04. The zero-order chi connectivity index (χ0) is 22.7. The molecule has 32 heavy (non-hydrogen) atoms. The summed E-state index contributed by atoms with van der Waals surface area (Å²) < 4.78 is 11.7. The van der Waals surface area contributed by atoms with Crippen LogP contribution in [0.2, 0.25) is 0 Å². The van der Waals surface area contributed by atoms with Crippen molar-refractivity contribution in [2.24, 2.45) is 4.99 Å². The Kier molecular flexibility index (Phi) is 5.63. The van der Waals surface area contributed by atoms with E-state index in [2.05, 4.69) is 26.6 Å². The molecule has 1 aromatic carbocycles. The van der Waals surface area contributed by atoms with Gasteiger partial charge in [-0.1, -0.05) is 41.6 Å². The Morgan fingerprint density at radius 3 is 2.75 bits per heavy atom. The summed E-state index contributed by atoms with van der Waals surface area (Å²) in [7, 11) is 1.27. The summed E-state index contributed by atoms with van der Waals surface area (Å²) in [6.07, 6.45) is 7.03. The van der Waals surface area contributed by atoms with Crippen molar-refractivity contribution in [1.82, 2.24) is 19.5 Å². The van der Waals surface area contributed by atoms with Gasteiger partial charge in [-0.25, -0.2) is 14.8 Å². The number of methoxy groups -OCH3 is 1. The number of nitrogens with zero attached hydrogens (tertiary/aromatic N) is 5. The number of nitrogen functional groups attached to an aromatic ring is 1. The number of allylic oxidation sites excluding steroid dienone is 3. The zero-order valence-electron chi connectivity index (χ0n) is 17.5. The van der Waals surface area contributed by atoms with Gasteiger partial charge in [-0.3, -0.25) is 9.39 Å². The molecule has 3 heterocycles. The fraction of sp³-hybridized carbons (Fsp3) is 0.0870. The van der Waals surface area contributed by atoms with Crippen LogP contribution in [0.3, 0.4) is 0 Å². The number of imidazole rings is 1. The Morgan fingerprint density at radius 2 is 2.06 bits per heavy atom. The number of nitrogens with two attached hydrogens (primary N) is 1. The van der Waals surface area contributed by atoms with E-state index in [9.17, 15) is 4.79 Å². The minimum atomic E-state index is -0.602. The number of aromatic nitrogens is 4. The number of fused-ring (bicyclic) bond motifs is 1. The first-order chi connectivity index (χ1) is 15.6. The fourth-order valence-corrected chi connectivity index (χ4v) is 3.30. The summed E-state index contributed by atoms with van der Waals surface area (Å²) in [5.41, 5.74) is 10.5. The Labute approximate surface area is 183 Å². The van der Waals surface area contributed by atoms with E-state index in [0.717, 1.165) is 16.7 Å². The summed E-state index contributed by atoms with van der Waals surface area (Å²) in [4.78, 5) is 25.0. The van der Waals surface area contributed by atoms with Crippen LogP contribution in [0.1, 0.15) is 23.0 Å². The summed E-state index contributed by atoms with van der Waals surface area (Å²) in [5.74, 6) is -0.0587. The Bertz CT molecular complexity index is 1370. The van der Waals surface area contributed by atoms with E-state index < -0.39 is 5.97 Å². The van der Waals surface area contributed by atoms with Crippen LogP contribution in [-0.2, 0) is 4.74 Å². The molecule has 0 radical (unpaired) electrons. The first kappa shape index (κ1) is 20.7. The zero-order valence-corrected chi connectivity index (χ0v) is 17.5. The van der Waals surface area contributed by atoms with Crippen LogP contribution in [0.25, 0.3) is 33.9 Å². The van der Waals surface area contributed by atoms with Crippen molar-refractivity contribution in [3.05, 3.63) is 72.2 Å². The highest BCUT2D eigenvalue weighted by Crippen LogP contribution is 2.34. The lowest BCUT2D eigenvalue weighted by Gasteiger charge is -2.13. The van der Waals surface area contributed by atoms with Gasteiger partial charge in [-0.05, 0) is 25.3 Å². The maximum atomic E-state index is 11.7. The quantitative estimate of drug-likeness (QED) is 0.279. The topological polar surface area (TPSA) is 121 Å². The molecular weight excluding hydrogens is 408 g/mol. The number of ether oxygens (including phenoxy) is 1. The standard InChI is InChI=1S/C23H20N6O3/c1-4-14(10-11-25-2)19-20(15-8-6-5-7-9-15)27-23(24)29-13-17(26-21(19)29)18-12-16(28-32-18)22(30)31-3/h4-13H,2H2,1,3H3,(H2,24,27)/b11-10-,14-4+. The molecule has 4 aromatic rings. The second kappa shape index (κ2) is 8.68. The van der Waals surface area contributed by atoms with E-state index in [1.807, 2.05) is 49.4 Å². The molecule has 0 aliphatic carbocycles. The molecule has 2 N–H and O–H groups in total. The smallest absolute Gasteiger partial charge is 0.360 e. The third-order valence-corrected chi connectivity index (χ3v) is 4.80. The fourth-order valence-electron chi connectivity index (χ4n) is 3.30. The van der Waals surface area contributed by atoms with Crippen LogP contribution < -0.4 is 5.73 Å². The van der Waals surface area contributed by atoms with Crippen molar-refractivity contribution >= 4 is 29.9 Å². The lowest BCUT2D eigenvalue weighted by molar-refractivity contribution is 0.0589. The molecule has 0 aliphatic rings. The van der Waals surface area contributed by atoms with Crippen LogP contribution >= 0.6 is 0 Å². The molecule has 0 unspecified atom stereocenters. The van der Waals surface area contributed by atoms with Gasteiger partial charge in [0.2, 0.25) is 5.95 Å². The first-order valence-electron chi connectivity index (χ1n) is 9.65. The van der Waals surface area contributed by atoms with Gasteiger partial charge in [0, 0.05) is 24.0 Å². The van der Waals surface area contributed by atoms with E-state index in [4.69, 9.17) is 15.2 Å². The molecule has 0 amide bonds. The van der Waals surface area contributed by atoms with Crippen LogP contribution in [0.4, 0.5) is 5.95 Å². The van der Waals surface area contributed by atoms with Gasteiger partial charge in [0.1, 0.15) is 5.69 Å². The molecule has 0 saturated heterocycles. The van der Waals surface area contributed by atoms with Crippen LogP contribution in [0.5, 0.6) is 0 Å². The van der Waals surface area contributed by atoms with Gasteiger partial charge in [-0.2, -0.15) is 0 Å². The number of carbonyl (C=O) groups is 1. The highest BCUT2D eigenvalue weighted by molar-refractivity contribution is 5.92. The van der Waals surface area contributed by atoms with Crippen molar-refractivity contribution in [2.75, 3.05) is 12.8 Å².